The first-order valence-electron chi connectivity index (χ1n) is 9.84. The summed E-state index contributed by atoms with van der Waals surface area (Å²) in [6, 6.07) is 6.20. The summed E-state index contributed by atoms with van der Waals surface area (Å²) in [7, 11) is 0. The van der Waals surface area contributed by atoms with Gasteiger partial charge in [0.15, 0.2) is 5.78 Å². The van der Waals surface area contributed by atoms with Crippen LogP contribution in [0.3, 0.4) is 0 Å². The fourth-order valence-corrected chi connectivity index (χ4v) is 4.25. The minimum atomic E-state index is -0.652. The van der Waals surface area contributed by atoms with Crippen LogP contribution in [0.4, 0.5) is 0 Å². The SMILES string of the molecule is C=C1CCCC(C)(C)C1C(=O)CC(C)C(C)C(=O)c1ccc(C(=O)ON)cc1. The molecule has 28 heavy (non-hydrogen) atoms. The molecule has 2 rings (SSSR count). The predicted molar refractivity (Wildman–Crippen MR) is 109 cm³/mol. The van der Waals surface area contributed by atoms with Crippen LogP contribution in [-0.2, 0) is 9.63 Å². The maximum atomic E-state index is 13.0. The van der Waals surface area contributed by atoms with E-state index in [4.69, 9.17) is 5.90 Å². The van der Waals surface area contributed by atoms with Gasteiger partial charge in [0.05, 0.1) is 5.56 Å². The van der Waals surface area contributed by atoms with Gasteiger partial charge in [-0.2, -0.15) is 5.90 Å². The molecule has 3 atom stereocenters. The van der Waals surface area contributed by atoms with Crippen LogP contribution in [0, 0.1) is 23.2 Å². The van der Waals surface area contributed by atoms with Crippen LogP contribution < -0.4 is 5.90 Å². The van der Waals surface area contributed by atoms with Gasteiger partial charge in [0, 0.05) is 23.8 Å². The van der Waals surface area contributed by atoms with E-state index in [1.807, 2.05) is 13.8 Å². The van der Waals surface area contributed by atoms with E-state index in [9.17, 15) is 14.4 Å². The number of rotatable bonds is 7. The third-order valence-corrected chi connectivity index (χ3v) is 6.13. The molecule has 0 heterocycles. The summed E-state index contributed by atoms with van der Waals surface area (Å²) in [4.78, 5) is 41.4. The lowest BCUT2D eigenvalue weighted by Gasteiger charge is -2.39. The van der Waals surface area contributed by atoms with E-state index in [0.29, 0.717) is 12.0 Å². The highest BCUT2D eigenvalue weighted by Gasteiger charge is 2.40. The highest BCUT2D eigenvalue weighted by Crippen LogP contribution is 2.44. The molecule has 1 aliphatic rings. The van der Waals surface area contributed by atoms with Gasteiger partial charge in [0.25, 0.3) is 0 Å². The summed E-state index contributed by atoms with van der Waals surface area (Å²) in [6.45, 7) is 12.2. The fraction of sp³-hybridized carbons (Fsp3) is 0.522. The standard InChI is InChI=1S/C23H31NO4/c1-14-7-6-12-23(4,5)20(14)19(25)13-15(2)16(3)21(26)17-8-10-18(11-9-17)22(27)28-24/h8-11,15-16,20H,1,6-7,12-13,24H2,2-5H3. The highest BCUT2D eigenvalue weighted by molar-refractivity contribution is 5.99. The molecule has 0 spiro atoms. The highest BCUT2D eigenvalue weighted by atomic mass is 16.7. The summed E-state index contributed by atoms with van der Waals surface area (Å²) < 4.78 is 0. The van der Waals surface area contributed by atoms with E-state index in [2.05, 4.69) is 25.3 Å². The zero-order valence-electron chi connectivity index (χ0n) is 17.3. The molecule has 1 saturated carbocycles. The number of nitrogens with two attached hydrogens (primary N) is 1. The zero-order chi connectivity index (χ0) is 21.1. The summed E-state index contributed by atoms with van der Waals surface area (Å²) in [6.07, 6.45) is 3.36. The van der Waals surface area contributed by atoms with Gasteiger partial charge in [0.1, 0.15) is 5.78 Å². The number of hydrogen-bond acceptors (Lipinski definition) is 5. The van der Waals surface area contributed by atoms with Crippen molar-refractivity contribution in [3.63, 3.8) is 0 Å². The number of hydrogen-bond donors (Lipinski definition) is 1. The molecule has 5 nitrogen and oxygen atoms in total. The number of Topliss-reactive ketones (excluding diaryl/α,β-unsaturated/α-hetero) is 2. The van der Waals surface area contributed by atoms with Crippen LogP contribution in [-0.4, -0.2) is 17.5 Å². The molecule has 1 aliphatic carbocycles. The Balaban J connectivity index is 2.06. The van der Waals surface area contributed by atoms with Gasteiger partial charge in [-0.1, -0.05) is 52.0 Å². The average Bonchev–Trinajstić information content (AvgIpc) is 2.65. The lowest BCUT2D eigenvalue weighted by Crippen LogP contribution is -2.37. The van der Waals surface area contributed by atoms with Crippen molar-refractivity contribution < 1.29 is 19.2 Å². The normalized spacial score (nSPS) is 20.9. The second kappa shape index (κ2) is 8.82. The Morgan fingerprint density at radius 2 is 1.75 bits per heavy atom. The number of carbonyl (C=O) groups is 3. The number of benzene rings is 1. The van der Waals surface area contributed by atoms with Gasteiger partial charge in [-0.25, -0.2) is 4.79 Å². The Morgan fingerprint density at radius 1 is 1.18 bits per heavy atom. The van der Waals surface area contributed by atoms with Crippen LogP contribution in [0.15, 0.2) is 36.4 Å². The summed E-state index contributed by atoms with van der Waals surface area (Å²) in [5.74, 6) is 3.83. The van der Waals surface area contributed by atoms with Crippen molar-refractivity contribution in [2.45, 2.75) is 53.4 Å². The lowest BCUT2D eigenvalue weighted by molar-refractivity contribution is -0.126. The maximum Gasteiger partial charge on any atom is 0.356 e. The first-order valence-corrected chi connectivity index (χ1v) is 9.84. The van der Waals surface area contributed by atoms with Crippen molar-refractivity contribution in [1.29, 1.82) is 0 Å². The molecule has 0 saturated heterocycles. The lowest BCUT2D eigenvalue weighted by atomic mass is 9.64. The molecule has 2 N–H and O–H groups in total. The molecule has 5 heteroatoms. The van der Waals surface area contributed by atoms with E-state index in [1.165, 1.54) is 12.1 Å². The van der Waals surface area contributed by atoms with Gasteiger partial charge >= 0.3 is 5.97 Å². The van der Waals surface area contributed by atoms with Crippen molar-refractivity contribution in [3.05, 3.63) is 47.5 Å². The minimum Gasteiger partial charge on any atom is -0.370 e. The molecule has 0 bridgehead atoms. The van der Waals surface area contributed by atoms with Crippen LogP contribution >= 0.6 is 0 Å². The molecule has 0 amide bonds. The summed E-state index contributed by atoms with van der Waals surface area (Å²) >= 11 is 0. The summed E-state index contributed by atoms with van der Waals surface area (Å²) in [5, 5.41) is 0. The molecule has 0 aliphatic heterocycles. The van der Waals surface area contributed by atoms with Gasteiger partial charge in [-0.05, 0) is 42.7 Å². The Hall–Kier alpha value is -2.27. The summed E-state index contributed by atoms with van der Waals surface area (Å²) in [5.41, 5.74) is 1.73. The molecule has 0 radical (unpaired) electrons. The van der Waals surface area contributed by atoms with Crippen LogP contribution in [0.1, 0.15) is 74.1 Å². The molecule has 1 aromatic carbocycles. The first kappa shape index (κ1) is 22.0. The average molecular weight is 386 g/mol. The molecular formula is C23H31NO4. The predicted octanol–water partition coefficient (Wildman–Crippen LogP) is 4.51. The van der Waals surface area contributed by atoms with E-state index in [-0.39, 0.29) is 40.3 Å². The van der Waals surface area contributed by atoms with Crippen LogP contribution in [0.5, 0.6) is 0 Å². The Morgan fingerprint density at radius 3 is 2.29 bits per heavy atom. The van der Waals surface area contributed by atoms with Crippen molar-refractivity contribution in [2.75, 3.05) is 0 Å². The van der Waals surface area contributed by atoms with Gasteiger partial charge in [0.2, 0.25) is 0 Å². The third-order valence-electron chi connectivity index (χ3n) is 6.13. The van der Waals surface area contributed by atoms with Gasteiger partial charge in [-0.15, -0.1) is 0 Å². The number of allylic oxidation sites excluding steroid dienone is 1. The second-order valence-corrected chi connectivity index (χ2v) is 8.72. The first-order chi connectivity index (χ1) is 13.1. The molecule has 0 aromatic heterocycles. The van der Waals surface area contributed by atoms with Gasteiger partial charge in [-0.3, -0.25) is 9.59 Å². The van der Waals surface area contributed by atoms with Crippen molar-refractivity contribution >= 4 is 17.5 Å². The molecule has 152 valence electrons. The quantitative estimate of drug-likeness (QED) is 0.424. The van der Waals surface area contributed by atoms with E-state index in [1.54, 1.807) is 12.1 Å². The maximum absolute atomic E-state index is 13.0. The smallest absolute Gasteiger partial charge is 0.356 e. The fourth-order valence-electron chi connectivity index (χ4n) is 4.25. The monoisotopic (exact) mass is 385 g/mol. The third kappa shape index (κ3) is 4.76. The van der Waals surface area contributed by atoms with Crippen molar-refractivity contribution in [1.82, 2.24) is 0 Å². The zero-order valence-corrected chi connectivity index (χ0v) is 17.3. The molecule has 3 unspecified atom stereocenters. The topological polar surface area (TPSA) is 86.5 Å². The molecule has 1 fully saturated rings. The van der Waals surface area contributed by atoms with Crippen LogP contribution in [0.25, 0.3) is 0 Å². The van der Waals surface area contributed by atoms with E-state index < -0.39 is 5.97 Å². The van der Waals surface area contributed by atoms with Crippen molar-refractivity contribution in [3.8, 4) is 0 Å². The number of carbonyl (C=O) groups excluding carboxylic acids is 3. The van der Waals surface area contributed by atoms with Crippen LogP contribution in [0.2, 0.25) is 0 Å². The molecular weight excluding hydrogens is 354 g/mol. The largest absolute Gasteiger partial charge is 0.370 e. The Kier molecular flexibility index (Phi) is 6.94. The number of ketones is 2. The van der Waals surface area contributed by atoms with E-state index in [0.717, 1.165) is 24.8 Å². The Labute approximate surface area is 167 Å². The van der Waals surface area contributed by atoms with Gasteiger partial charge < -0.3 is 4.84 Å². The van der Waals surface area contributed by atoms with E-state index >= 15 is 0 Å². The molecule has 1 aromatic rings. The van der Waals surface area contributed by atoms with Crippen molar-refractivity contribution in [2.24, 2.45) is 29.1 Å². The Bertz CT molecular complexity index is 763. The second-order valence-electron chi connectivity index (χ2n) is 8.72. The minimum absolute atomic E-state index is 0.0466.